The SMILES string of the molecule is Oc1ccccc1-c1ccc(C(F)F)cc1. The van der Waals surface area contributed by atoms with Crippen molar-refractivity contribution in [3.63, 3.8) is 0 Å². The molecule has 2 aromatic rings. The van der Waals surface area contributed by atoms with Crippen LogP contribution >= 0.6 is 0 Å². The van der Waals surface area contributed by atoms with E-state index in [1.54, 1.807) is 36.4 Å². The second-order valence-corrected chi connectivity index (χ2v) is 3.44. The molecule has 2 aromatic carbocycles. The third kappa shape index (κ3) is 2.03. The van der Waals surface area contributed by atoms with Crippen molar-refractivity contribution in [3.8, 4) is 16.9 Å². The number of aromatic hydroxyl groups is 1. The summed E-state index contributed by atoms with van der Waals surface area (Å²) in [5.74, 6) is 0.146. The Morgan fingerprint density at radius 3 is 2.06 bits per heavy atom. The van der Waals surface area contributed by atoms with Crippen LogP contribution in [0.2, 0.25) is 0 Å². The van der Waals surface area contributed by atoms with Crippen molar-refractivity contribution in [2.75, 3.05) is 0 Å². The molecule has 0 spiro atoms. The maximum absolute atomic E-state index is 12.3. The predicted octanol–water partition coefficient (Wildman–Crippen LogP) is 4.00. The summed E-state index contributed by atoms with van der Waals surface area (Å²) in [6, 6.07) is 12.7. The van der Waals surface area contributed by atoms with Crippen LogP contribution in [-0.4, -0.2) is 5.11 Å². The normalized spacial score (nSPS) is 10.7. The highest BCUT2D eigenvalue weighted by Crippen LogP contribution is 2.29. The Balaban J connectivity index is 2.39. The molecule has 3 heteroatoms. The fourth-order valence-electron chi connectivity index (χ4n) is 1.53. The Labute approximate surface area is 92.0 Å². The van der Waals surface area contributed by atoms with Gasteiger partial charge in [-0.1, -0.05) is 42.5 Å². The van der Waals surface area contributed by atoms with Gasteiger partial charge >= 0.3 is 0 Å². The molecule has 0 aliphatic carbocycles. The molecule has 1 N–H and O–H groups in total. The van der Waals surface area contributed by atoms with Crippen molar-refractivity contribution < 1.29 is 13.9 Å². The molecule has 0 heterocycles. The maximum atomic E-state index is 12.3. The van der Waals surface area contributed by atoms with Crippen LogP contribution in [0.4, 0.5) is 8.78 Å². The van der Waals surface area contributed by atoms with Crippen LogP contribution in [0.25, 0.3) is 11.1 Å². The lowest BCUT2D eigenvalue weighted by Gasteiger charge is -2.05. The number of para-hydroxylation sites is 1. The van der Waals surface area contributed by atoms with Crippen LogP contribution in [0.3, 0.4) is 0 Å². The fraction of sp³-hybridized carbons (Fsp3) is 0.0769. The predicted molar refractivity (Wildman–Crippen MR) is 58.5 cm³/mol. The lowest BCUT2D eigenvalue weighted by Crippen LogP contribution is -1.84. The zero-order chi connectivity index (χ0) is 11.5. The van der Waals surface area contributed by atoms with Gasteiger partial charge in [0.25, 0.3) is 6.43 Å². The molecule has 1 nitrogen and oxygen atoms in total. The molecule has 16 heavy (non-hydrogen) atoms. The van der Waals surface area contributed by atoms with Gasteiger partial charge in [0.05, 0.1) is 0 Å². The van der Waals surface area contributed by atoms with Gasteiger partial charge in [-0.05, 0) is 11.6 Å². The van der Waals surface area contributed by atoms with Gasteiger partial charge < -0.3 is 5.11 Å². The Morgan fingerprint density at radius 1 is 0.875 bits per heavy atom. The first-order chi connectivity index (χ1) is 7.68. The van der Waals surface area contributed by atoms with E-state index in [4.69, 9.17) is 0 Å². The van der Waals surface area contributed by atoms with Crippen molar-refractivity contribution in [2.24, 2.45) is 0 Å². The summed E-state index contributed by atoms with van der Waals surface area (Å²) < 4.78 is 24.7. The van der Waals surface area contributed by atoms with E-state index in [-0.39, 0.29) is 11.3 Å². The third-order valence-corrected chi connectivity index (χ3v) is 2.38. The van der Waals surface area contributed by atoms with E-state index in [1.165, 1.54) is 12.1 Å². The largest absolute Gasteiger partial charge is 0.507 e. The molecule has 0 aliphatic heterocycles. The third-order valence-electron chi connectivity index (χ3n) is 2.38. The molecule has 0 atom stereocenters. The van der Waals surface area contributed by atoms with Crippen molar-refractivity contribution >= 4 is 0 Å². The lowest BCUT2D eigenvalue weighted by molar-refractivity contribution is 0.151. The Morgan fingerprint density at radius 2 is 1.50 bits per heavy atom. The molecule has 2 rings (SSSR count). The summed E-state index contributed by atoms with van der Waals surface area (Å²) in [5, 5.41) is 9.59. The summed E-state index contributed by atoms with van der Waals surface area (Å²) in [6.07, 6.45) is -2.46. The summed E-state index contributed by atoms with van der Waals surface area (Å²) in [5.41, 5.74) is 1.35. The minimum absolute atomic E-state index is 0.0147. The maximum Gasteiger partial charge on any atom is 0.263 e. The van der Waals surface area contributed by atoms with Crippen LogP contribution in [0.15, 0.2) is 48.5 Å². The number of hydrogen-bond acceptors (Lipinski definition) is 1. The highest BCUT2D eigenvalue weighted by molar-refractivity contribution is 5.69. The standard InChI is InChI=1S/C13H10F2O/c14-13(15)10-7-5-9(6-8-10)11-3-1-2-4-12(11)16/h1-8,13,16H. The van der Waals surface area contributed by atoms with Crippen LogP contribution < -0.4 is 0 Å². The quantitative estimate of drug-likeness (QED) is 0.811. The van der Waals surface area contributed by atoms with E-state index in [0.717, 1.165) is 5.56 Å². The molecular formula is C13H10F2O. The molecule has 82 valence electrons. The summed E-state index contributed by atoms with van der Waals surface area (Å²) in [6.45, 7) is 0. The minimum Gasteiger partial charge on any atom is -0.507 e. The first kappa shape index (κ1) is 10.6. The van der Waals surface area contributed by atoms with E-state index >= 15 is 0 Å². The Kier molecular flexibility index (Phi) is 2.86. The summed E-state index contributed by atoms with van der Waals surface area (Å²) in [4.78, 5) is 0. The monoisotopic (exact) mass is 220 g/mol. The van der Waals surface area contributed by atoms with Gasteiger partial charge in [0.15, 0.2) is 0 Å². The van der Waals surface area contributed by atoms with Crippen molar-refractivity contribution in [1.82, 2.24) is 0 Å². The second-order valence-electron chi connectivity index (χ2n) is 3.44. The highest BCUT2D eigenvalue weighted by Gasteiger charge is 2.07. The lowest BCUT2D eigenvalue weighted by atomic mass is 10.0. The van der Waals surface area contributed by atoms with Crippen molar-refractivity contribution in [3.05, 3.63) is 54.1 Å². The van der Waals surface area contributed by atoms with Gasteiger partial charge in [-0.25, -0.2) is 8.78 Å². The topological polar surface area (TPSA) is 20.2 Å². The molecule has 0 saturated carbocycles. The Bertz CT molecular complexity index is 478. The zero-order valence-corrected chi connectivity index (χ0v) is 8.40. The number of hydrogen-bond donors (Lipinski definition) is 1. The van der Waals surface area contributed by atoms with Crippen molar-refractivity contribution in [2.45, 2.75) is 6.43 Å². The number of phenols is 1. The number of benzene rings is 2. The molecule has 0 aliphatic rings. The Hall–Kier alpha value is -1.90. The number of alkyl halides is 2. The molecule has 0 unspecified atom stereocenters. The highest BCUT2D eigenvalue weighted by atomic mass is 19.3. The molecule has 0 radical (unpaired) electrons. The number of halogens is 2. The smallest absolute Gasteiger partial charge is 0.263 e. The van der Waals surface area contributed by atoms with Gasteiger partial charge in [0.2, 0.25) is 0 Å². The summed E-state index contributed by atoms with van der Waals surface area (Å²) in [7, 11) is 0. The molecule has 0 bridgehead atoms. The van der Waals surface area contributed by atoms with E-state index in [2.05, 4.69) is 0 Å². The van der Waals surface area contributed by atoms with Crippen LogP contribution in [0.5, 0.6) is 5.75 Å². The van der Waals surface area contributed by atoms with Crippen LogP contribution in [0, 0.1) is 0 Å². The van der Waals surface area contributed by atoms with Gasteiger partial charge in [-0.15, -0.1) is 0 Å². The first-order valence-corrected chi connectivity index (χ1v) is 4.85. The average molecular weight is 220 g/mol. The molecule has 0 amide bonds. The van der Waals surface area contributed by atoms with Gasteiger partial charge in [0, 0.05) is 11.1 Å². The van der Waals surface area contributed by atoms with Crippen molar-refractivity contribution in [1.29, 1.82) is 0 Å². The molecular weight excluding hydrogens is 210 g/mol. The fourth-order valence-corrected chi connectivity index (χ4v) is 1.53. The van der Waals surface area contributed by atoms with E-state index < -0.39 is 6.43 Å². The number of rotatable bonds is 2. The number of phenolic OH excluding ortho intramolecular Hbond substituents is 1. The second kappa shape index (κ2) is 4.31. The van der Waals surface area contributed by atoms with Crippen LogP contribution in [-0.2, 0) is 0 Å². The molecule has 0 saturated heterocycles. The van der Waals surface area contributed by atoms with Gasteiger partial charge in [0.1, 0.15) is 5.75 Å². The molecule has 0 fully saturated rings. The van der Waals surface area contributed by atoms with Gasteiger partial charge in [-0.3, -0.25) is 0 Å². The zero-order valence-electron chi connectivity index (χ0n) is 8.40. The average Bonchev–Trinajstić information content (AvgIpc) is 2.30. The van der Waals surface area contributed by atoms with E-state index in [1.807, 2.05) is 0 Å². The minimum atomic E-state index is -2.46. The summed E-state index contributed by atoms with van der Waals surface area (Å²) >= 11 is 0. The van der Waals surface area contributed by atoms with Crippen LogP contribution in [0.1, 0.15) is 12.0 Å². The van der Waals surface area contributed by atoms with E-state index in [0.29, 0.717) is 5.56 Å². The van der Waals surface area contributed by atoms with Gasteiger partial charge in [-0.2, -0.15) is 0 Å². The first-order valence-electron chi connectivity index (χ1n) is 4.85. The molecule has 0 aromatic heterocycles. The van der Waals surface area contributed by atoms with E-state index in [9.17, 15) is 13.9 Å².